The molecule has 6 nitrogen and oxygen atoms in total. The Morgan fingerprint density at radius 3 is 2.38 bits per heavy atom. The summed E-state index contributed by atoms with van der Waals surface area (Å²) >= 11 is 12.2. The van der Waals surface area contributed by atoms with Crippen molar-refractivity contribution in [3.05, 3.63) is 81.3 Å². The van der Waals surface area contributed by atoms with Crippen LogP contribution >= 0.6 is 23.2 Å². The Morgan fingerprint density at radius 2 is 1.74 bits per heavy atom. The van der Waals surface area contributed by atoms with Gasteiger partial charge in [0.1, 0.15) is 16.8 Å². The third-order valence-corrected chi connectivity index (χ3v) is 5.93. The van der Waals surface area contributed by atoms with Gasteiger partial charge in [0.05, 0.1) is 17.8 Å². The molecule has 0 atom stereocenters. The highest BCUT2D eigenvalue weighted by Crippen LogP contribution is 2.33. The van der Waals surface area contributed by atoms with Gasteiger partial charge in [0, 0.05) is 22.3 Å². The number of hydrogen-bond acceptors (Lipinski definition) is 4. The molecule has 3 aromatic carbocycles. The molecule has 1 N–H and O–H groups in total. The molecule has 1 aromatic heterocycles. The molecule has 0 saturated heterocycles. The molecule has 0 aliphatic heterocycles. The van der Waals surface area contributed by atoms with Crippen LogP contribution in [-0.4, -0.2) is 28.0 Å². The molecule has 0 unspecified atom stereocenters. The summed E-state index contributed by atoms with van der Waals surface area (Å²) in [7, 11) is 1.51. The number of carbonyl (C=O) groups excluding carboxylic acids is 1. The maximum absolute atomic E-state index is 12.6. The normalized spacial score (nSPS) is 11.5. The van der Waals surface area contributed by atoms with Crippen molar-refractivity contribution >= 4 is 51.9 Å². The van der Waals surface area contributed by atoms with Gasteiger partial charge in [-0.05, 0) is 66.4 Å². The van der Waals surface area contributed by atoms with Gasteiger partial charge in [-0.3, -0.25) is 4.79 Å². The number of halogens is 2. The lowest BCUT2D eigenvalue weighted by molar-refractivity contribution is -0.111. The van der Waals surface area contributed by atoms with Crippen LogP contribution in [0.2, 0.25) is 10.0 Å². The molecular weight excluding hydrogens is 471 g/mol. The van der Waals surface area contributed by atoms with Crippen molar-refractivity contribution in [2.24, 2.45) is 0 Å². The number of rotatable bonds is 6. The average Bonchev–Trinajstić information content (AvgIpc) is 3.20. The second-order valence-corrected chi connectivity index (χ2v) is 9.07. The van der Waals surface area contributed by atoms with Gasteiger partial charge in [0.25, 0.3) is 0 Å². The Balaban J connectivity index is 1.56. The number of aryl methyl sites for hydroxylation is 1. The topological polar surface area (TPSA) is 69.0 Å². The molecule has 0 bridgehead atoms. The highest BCUT2D eigenvalue weighted by molar-refractivity contribution is 6.36. The zero-order valence-corrected chi connectivity index (χ0v) is 20.8. The number of nitrogens with zero attached hydrogens (tertiary/aromatic N) is 3. The van der Waals surface area contributed by atoms with Crippen LogP contribution in [0.4, 0.5) is 5.69 Å². The van der Waals surface area contributed by atoms with Crippen LogP contribution in [0.15, 0.2) is 54.6 Å². The van der Waals surface area contributed by atoms with E-state index in [9.17, 15) is 4.79 Å². The number of amides is 1. The van der Waals surface area contributed by atoms with Crippen LogP contribution < -0.4 is 10.1 Å². The number of methoxy groups -OCH3 is 1. The van der Waals surface area contributed by atoms with Crippen LogP contribution in [0.1, 0.15) is 36.5 Å². The Morgan fingerprint density at radius 1 is 1.06 bits per heavy atom. The van der Waals surface area contributed by atoms with Crippen LogP contribution in [-0.2, 0) is 4.79 Å². The first-order chi connectivity index (χ1) is 16.2. The minimum atomic E-state index is -0.308. The number of anilines is 1. The number of carbonyl (C=O) groups is 1. The number of ether oxygens (including phenoxy) is 1. The maximum Gasteiger partial charge on any atom is 0.248 e. The number of nitrogens with one attached hydrogen (secondary N) is 1. The SMILES string of the molecule is COc1c(Cl)cc(Cl)cc1/C=C/C(=O)Nc1cc2nn(-c3ccc(C(C)C)cc3)nc2cc1C. The van der Waals surface area contributed by atoms with Gasteiger partial charge in [0.15, 0.2) is 0 Å². The second-order valence-electron chi connectivity index (χ2n) is 8.22. The Kier molecular flexibility index (Phi) is 6.91. The lowest BCUT2D eigenvalue weighted by atomic mass is 10.0. The highest BCUT2D eigenvalue weighted by Gasteiger charge is 2.11. The average molecular weight is 495 g/mol. The summed E-state index contributed by atoms with van der Waals surface area (Å²) in [5.41, 5.74) is 5.69. The van der Waals surface area contributed by atoms with Crippen molar-refractivity contribution < 1.29 is 9.53 Å². The van der Waals surface area contributed by atoms with E-state index in [4.69, 9.17) is 27.9 Å². The molecule has 8 heteroatoms. The van der Waals surface area contributed by atoms with Crippen molar-refractivity contribution in [2.45, 2.75) is 26.7 Å². The van der Waals surface area contributed by atoms with Gasteiger partial charge in [0.2, 0.25) is 5.91 Å². The zero-order valence-electron chi connectivity index (χ0n) is 19.3. The Bertz CT molecular complexity index is 1390. The number of benzene rings is 3. The van der Waals surface area contributed by atoms with Crippen molar-refractivity contribution in [1.29, 1.82) is 0 Å². The van der Waals surface area contributed by atoms with E-state index in [-0.39, 0.29) is 5.91 Å². The molecule has 0 saturated carbocycles. The fourth-order valence-electron chi connectivity index (χ4n) is 3.57. The quantitative estimate of drug-likeness (QED) is 0.298. The third kappa shape index (κ3) is 5.08. The van der Waals surface area contributed by atoms with Crippen molar-refractivity contribution in [3.63, 3.8) is 0 Å². The highest BCUT2D eigenvalue weighted by atomic mass is 35.5. The fourth-order valence-corrected chi connectivity index (χ4v) is 4.16. The summed E-state index contributed by atoms with van der Waals surface area (Å²) in [5, 5.41) is 12.9. The molecule has 1 heterocycles. The smallest absolute Gasteiger partial charge is 0.248 e. The summed E-state index contributed by atoms with van der Waals surface area (Å²) in [4.78, 5) is 14.2. The van der Waals surface area contributed by atoms with Crippen molar-refractivity contribution in [1.82, 2.24) is 15.0 Å². The first-order valence-electron chi connectivity index (χ1n) is 10.8. The minimum Gasteiger partial charge on any atom is -0.495 e. The predicted octanol–water partition coefficient (Wildman–Crippen LogP) is 6.82. The number of hydrogen-bond donors (Lipinski definition) is 1. The lowest BCUT2D eigenvalue weighted by Crippen LogP contribution is -2.09. The first kappa shape index (κ1) is 23.8. The van der Waals surface area contributed by atoms with E-state index in [0.717, 1.165) is 16.8 Å². The van der Waals surface area contributed by atoms with E-state index in [0.29, 0.717) is 38.5 Å². The molecule has 0 aliphatic carbocycles. The summed E-state index contributed by atoms with van der Waals surface area (Å²) in [6, 6.07) is 15.2. The molecule has 0 fully saturated rings. The van der Waals surface area contributed by atoms with Crippen molar-refractivity contribution in [2.75, 3.05) is 12.4 Å². The van der Waals surface area contributed by atoms with E-state index in [1.165, 1.54) is 18.7 Å². The van der Waals surface area contributed by atoms with Crippen LogP contribution in [0.25, 0.3) is 22.8 Å². The van der Waals surface area contributed by atoms with E-state index < -0.39 is 0 Å². The van der Waals surface area contributed by atoms with Gasteiger partial charge in [-0.15, -0.1) is 10.2 Å². The predicted molar refractivity (Wildman–Crippen MR) is 138 cm³/mol. The van der Waals surface area contributed by atoms with Crippen LogP contribution in [0, 0.1) is 6.92 Å². The van der Waals surface area contributed by atoms with Gasteiger partial charge >= 0.3 is 0 Å². The summed E-state index contributed by atoms with van der Waals surface area (Å²) in [6.45, 7) is 6.22. The third-order valence-electron chi connectivity index (χ3n) is 5.43. The summed E-state index contributed by atoms with van der Waals surface area (Å²) < 4.78 is 5.31. The molecule has 1 amide bonds. The molecule has 0 aliphatic rings. The maximum atomic E-state index is 12.6. The number of aromatic nitrogens is 3. The second kappa shape index (κ2) is 9.87. The van der Waals surface area contributed by atoms with Crippen LogP contribution in [0.5, 0.6) is 5.75 Å². The molecule has 34 heavy (non-hydrogen) atoms. The van der Waals surface area contributed by atoms with Crippen molar-refractivity contribution in [3.8, 4) is 11.4 Å². The van der Waals surface area contributed by atoms with Gasteiger partial charge in [-0.2, -0.15) is 4.80 Å². The first-order valence-corrected chi connectivity index (χ1v) is 11.5. The Labute approximate surface area is 208 Å². The molecule has 0 spiro atoms. The molecule has 4 rings (SSSR count). The summed E-state index contributed by atoms with van der Waals surface area (Å²) in [5.74, 6) is 0.599. The van der Waals surface area contributed by atoms with E-state index in [1.54, 1.807) is 23.0 Å². The monoisotopic (exact) mass is 494 g/mol. The summed E-state index contributed by atoms with van der Waals surface area (Å²) in [6.07, 6.45) is 3.01. The zero-order chi connectivity index (χ0) is 24.4. The van der Waals surface area contributed by atoms with E-state index in [2.05, 4.69) is 41.5 Å². The minimum absolute atomic E-state index is 0.308. The molecule has 4 aromatic rings. The molecular formula is C26H24Cl2N4O2. The standard InChI is InChI=1S/C26H24Cl2N4O2/c1-15(2)17-5-8-20(9-6-17)32-30-23-11-16(3)22(14-24(23)31-32)29-25(33)10-7-18-12-19(27)13-21(28)26(18)34-4/h5-15H,1-4H3,(H,29,33)/b10-7+. The lowest BCUT2D eigenvalue weighted by Gasteiger charge is -2.08. The molecule has 174 valence electrons. The molecule has 0 radical (unpaired) electrons. The van der Waals surface area contributed by atoms with Gasteiger partial charge < -0.3 is 10.1 Å². The fraction of sp³-hybridized carbons (Fsp3) is 0.192. The largest absolute Gasteiger partial charge is 0.495 e. The number of fused-ring (bicyclic) bond motifs is 1. The van der Waals surface area contributed by atoms with E-state index in [1.807, 2.05) is 31.2 Å². The van der Waals surface area contributed by atoms with E-state index >= 15 is 0 Å². The Hall–Kier alpha value is -3.35. The van der Waals surface area contributed by atoms with Gasteiger partial charge in [-0.25, -0.2) is 0 Å². The van der Waals surface area contributed by atoms with Gasteiger partial charge in [-0.1, -0.05) is 49.2 Å². The van der Waals surface area contributed by atoms with Crippen LogP contribution in [0.3, 0.4) is 0 Å².